The van der Waals surface area contributed by atoms with Crippen LogP contribution in [0.2, 0.25) is 0 Å². The highest BCUT2D eigenvalue weighted by molar-refractivity contribution is 5.57. The molecule has 1 aliphatic rings. The molecule has 1 atom stereocenters. The molecular weight excluding hydrogens is 366 g/mol. The summed E-state index contributed by atoms with van der Waals surface area (Å²) in [5.74, 6) is 0.133. The summed E-state index contributed by atoms with van der Waals surface area (Å²) >= 11 is 0. The number of anilines is 2. The first kappa shape index (κ1) is 18.4. The second kappa shape index (κ2) is 7.93. The van der Waals surface area contributed by atoms with Crippen molar-refractivity contribution in [3.05, 3.63) is 59.9 Å². The van der Waals surface area contributed by atoms with E-state index in [9.17, 15) is 8.78 Å². The number of benzene rings is 2. The summed E-state index contributed by atoms with van der Waals surface area (Å²) in [5.41, 5.74) is 2.04. The summed E-state index contributed by atoms with van der Waals surface area (Å²) in [6.07, 6.45) is 2.41. The summed E-state index contributed by atoms with van der Waals surface area (Å²) in [5, 5.41) is 7.33. The molecular formula is C20H20F2N4O2. The number of hydrogen-bond donors (Lipinski definition) is 1. The van der Waals surface area contributed by atoms with Crippen LogP contribution in [0.5, 0.6) is 5.75 Å². The van der Waals surface area contributed by atoms with Gasteiger partial charge in [0.2, 0.25) is 5.95 Å². The monoisotopic (exact) mass is 386 g/mol. The van der Waals surface area contributed by atoms with Crippen LogP contribution in [-0.2, 0) is 4.74 Å². The van der Waals surface area contributed by atoms with Crippen LogP contribution >= 0.6 is 0 Å². The molecule has 3 aromatic rings. The van der Waals surface area contributed by atoms with Crippen LogP contribution in [-0.4, -0.2) is 34.6 Å². The van der Waals surface area contributed by atoms with Gasteiger partial charge >= 0.3 is 0 Å². The van der Waals surface area contributed by atoms with Gasteiger partial charge in [0.25, 0.3) is 0 Å². The van der Waals surface area contributed by atoms with E-state index < -0.39 is 11.6 Å². The summed E-state index contributed by atoms with van der Waals surface area (Å²) in [6, 6.07) is 8.95. The molecule has 8 heteroatoms. The molecule has 28 heavy (non-hydrogen) atoms. The SMILES string of the molecule is Cc1cc(Nc2ncn(-c3cc(F)cc(F)c3)n2)cc(OCC2CCOC2)c1. The lowest BCUT2D eigenvalue weighted by molar-refractivity contribution is 0.167. The lowest BCUT2D eigenvalue weighted by atomic mass is 10.1. The fourth-order valence-corrected chi connectivity index (χ4v) is 3.08. The van der Waals surface area contributed by atoms with E-state index in [1.54, 1.807) is 0 Å². The highest BCUT2D eigenvalue weighted by Crippen LogP contribution is 2.24. The van der Waals surface area contributed by atoms with Gasteiger partial charge in [-0.15, -0.1) is 5.10 Å². The van der Waals surface area contributed by atoms with Crippen LogP contribution in [0.1, 0.15) is 12.0 Å². The fourth-order valence-electron chi connectivity index (χ4n) is 3.08. The number of aryl methyl sites for hydroxylation is 1. The van der Waals surface area contributed by atoms with Crippen molar-refractivity contribution in [3.8, 4) is 11.4 Å². The highest BCUT2D eigenvalue weighted by Gasteiger charge is 2.16. The molecule has 1 aliphatic heterocycles. The van der Waals surface area contributed by atoms with Gasteiger partial charge in [-0.1, -0.05) is 0 Å². The van der Waals surface area contributed by atoms with Gasteiger partial charge in [-0.3, -0.25) is 0 Å². The molecule has 0 amide bonds. The van der Waals surface area contributed by atoms with Gasteiger partial charge < -0.3 is 14.8 Å². The van der Waals surface area contributed by atoms with Crippen LogP contribution in [0, 0.1) is 24.5 Å². The maximum absolute atomic E-state index is 13.4. The lowest BCUT2D eigenvalue weighted by Crippen LogP contribution is -2.11. The first-order valence-electron chi connectivity index (χ1n) is 9.02. The molecule has 6 nitrogen and oxygen atoms in total. The third-order valence-electron chi connectivity index (χ3n) is 4.42. The minimum absolute atomic E-state index is 0.255. The normalized spacial score (nSPS) is 16.3. The third kappa shape index (κ3) is 4.45. The highest BCUT2D eigenvalue weighted by atomic mass is 19.1. The Morgan fingerprint density at radius 2 is 2.00 bits per heavy atom. The maximum Gasteiger partial charge on any atom is 0.246 e. The number of ether oxygens (including phenoxy) is 2. The van der Waals surface area contributed by atoms with Gasteiger partial charge in [0.05, 0.1) is 18.9 Å². The van der Waals surface area contributed by atoms with Gasteiger partial charge in [0.15, 0.2) is 0 Å². The summed E-state index contributed by atoms with van der Waals surface area (Å²) in [6.45, 7) is 4.11. The number of nitrogens with zero attached hydrogens (tertiary/aromatic N) is 3. The van der Waals surface area contributed by atoms with Gasteiger partial charge in [-0.25, -0.2) is 13.5 Å². The second-order valence-corrected chi connectivity index (χ2v) is 6.84. The first-order chi connectivity index (χ1) is 13.5. The molecule has 2 heterocycles. The van der Waals surface area contributed by atoms with E-state index in [0.29, 0.717) is 18.5 Å². The van der Waals surface area contributed by atoms with Crippen molar-refractivity contribution in [2.75, 3.05) is 25.1 Å². The Kier molecular flexibility index (Phi) is 5.21. The standard InChI is InChI=1S/C20H20F2N4O2/c1-13-4-17(9-19(5-13)28-11-14-2-3-27-10-14)24-20-23-12-26(25-20)18-7-15(21)6-16(22)8-18/h4-9,12,14H,2-3,10-11H2,1H3,(H,24,25). The average Bonchev–Trinajstić information content (AvgIpc) is 3.30. The topological polar surface area (TPSA) is 61.2 Å². The molecule has 1 unspecified atom stereocenters. The van der Waals surface area contributed by atoms with E-state index in [2.05, 4.69) is 15.4 Å². The minimum atomic E-state index is -0.673. The van der Waals surface area contributed by atoms with Gasteiger partial charge in [0.1, 0.15) is 23.7 Å². The molecule has 1 N–H and O–H groups in total. The summed E-state index contributed by atoms with van der Waals surface area (Å²) in [4.78, 5) is 4.15. The van der Waals surface area contributed by atoms with Gasteiger partial charge in [0, 0.05) is 30.3 Å². The zero-order valence-corrected chi connectivity index (χ0v) is 15.4. The number of hydrogen-bond acceptors (Lipinski definition) is 5. The zero-order chi connectivity index (χ0) is 19.5. The minimum Gasteiger partial charge on any atom is -0.493 e. The van der Waals surface area contributed by atoms with Crippen molar-refractivity contribution in [2.45, 2.75) is 13.3 Å². The Labute approximate surface area is 161 Å². The zero-order valence-electron chi connectivity index (χ0n) is 15.4. The molecule has 0 aliphatic carbocycles. The Balaban J connectivity index is 1.47. The van der Waals surface area contributed by atoms with Crippen molar-refractivity contribution >= 4 is 11.6 Å². The number of nitrogens with one attached hydrogen (secondary N) is 1. The third-order valence-corrected chi connectivity index (χ3v) is 4.42. The molecule has 1 saturated heterocycles. The van der Waals surface area contributed by atoms with E-state index in [0.717, 1.165) is 42.7 Å². The van der Waals surface area contributed by atoms with E-state index >= 15 is 0 Å². The Morgan fingerprint density at radius 3 is 2.75 bits per heavy atom. The average molecular weight is 386 g/mol. The molecule has 0 spiro atoms. The fraction of sp³-hybridized carbons (Fsp3) is 0.300. The Hall–Kier alpha value is -3.00. The van der Waals surface area contributed by atoms with Gasteiger partial charge in [-0.2, -0.15) is 4.98 Å². The van der Waals surface area contributed by atoms with Gasteiger partial charge in [-0.05, 0) is 43.2 Å². The number of aromatic nitrogens is 3. The lowest BCUT2D eigenvalue weighted by Gasteiger charge is -2.12. The van der Waals surface area contributed by atoms with Crippen molar-refractivity contribution in [1.82, 2.24) is 14.8 Å². The second-order valence-electron chi connectivity index (χ2n) is 6.84. The maximum atomic E-state index is 13.4. The van der Waals surface area contributed by atoms with Crippen LogP contribution in [0.3, 0.4) is 0 Å². The van der Waals surface area contributed by atoms with Crippen LogP contribution in [0.25, 0.3) is 5.69 Å². The number of rotatable bonds is 6. The van der Waals surface area contributed by atoms with Crippen LogP contribution in [0.4, 0.5) is 20.4 Å². The van der Waals surface area contributed by atoms with Crippen molar-refractivity contribution in [2.24, 2.45) is 5.92 Å². The summed E-state index contributed by atoms with van der Waals surface area (Å²) in [7, 11) is 0. The molecule has 4 rings (SSSR count). The van der Waals surface area contributed by atoms with Crippen molar-refractivity contribution < 1.29 is 18.3 Å². The molecule has 0 bridgehead atoms. The van der Waals surface area contributed by atoms with Crippen LogP contribution < -0.4 is 10.1 Å². The first-order valence-corrected chi connectivity index (χ1v) is 9.02. The molecule has 1 fully saturated rings. The summed E-state index contributed by atoms with van der Waals surface area (Å²) < 4.78 is 39.4. The Bertz CT molecular complexity index is 950. The molecule has 146 valence electrons. The van der Waals surface area contributed by atoms with E-state index in [4.69, 9.17) is 9.47 Å². The molecule has 0 saturated carbocycles. The quantitative estimate of drug-likeness (QED) is 0.694. The van der Waals surface area contributed by atoms with E-state index in [1.807, 2.05) is 25.1 Å². The predicted octanol–water partition coefficient (Wildman–Crippen LogP) is 4.01. The van der Waals surface area contributed by atoms with E-state index in [1.165, 1.54) is 23.1 Å². The van der Waals surface area contributed by atoms with Crippen molar-refractivity contribution in [3.63, 3.8) is 0 Å². The molecule has 2 aromatic carbocycles. The predicted molar refractivity (Wildman–Crippen MR) is 100 cm³/mol. The molecule has 0 radical (unpaired) electrons. The van der Waals surface area contributed by atoms with E-state index in [-0.39, 0.29) is 5.69 Å². The smallest absolute Gasteiger partial charge is 0.246 e. The molecule has 1 aromatic heterocycles. The largest absolute Gasteiger partial charge is 0.493 e. The number of halogens is 2. The Morgan fingerprint density at radius 1 is 1.18 bits per heavy atom. The van der Waals surface area contributed by atoms with Crippen LogP contribution in [0.15, 0.2) is 42.7 Å². The van der Waals surface area contributed by atoms with Crippen molar-refractivity contribution in [1.29, 1.82) is 0 Å².